The van der Waals surface area contributed by atoms with Crippen LogP contribution in [0.5, 0.6) is 0 Å². The smallest absolute Gasteiger partial charge is 0.230 e. The Morgan fingerprint density at radius 1 is 1.32 bits per heavy atom. The van der Waals surface area contributed by atoms with Crippen molar-refractivity contribution in [3.8, 4) is 0 Å². The molecule has 0 saturated carbocycles. The van der Waals surface area contributed by atoms with E-state index in [1.807, 2.05) is 4.90 Å². The fraction of sp³-hybridized carbons (Fsp3) is 0.800. The van der Waals surface area contributed by atoms with Gasteiger partial charge in [-0.3, -0.25) is 4.79 Å². The number of nitrogens with zero attached hydrogens (tertiary/aromatic N) is 4. The van der Waals surface area contributed by atoms with Crippen LogP contribution in [-0.2, 0) is 11.2 Å². The van der Waals surface area contributed by atoms with E-state index in [-0.39, 0.29) is 17.9 Å². The summed E-state index contributed by atoms with van der Waals surface area (Å²) in [5.41, 5.74) is -0.274. The number of aryl methyl sites for hydroxylation is 1. The Morgan fingerprint density at radius 3 is 2.95 bits per heavy atom. The molecule has 3 heterocycles. The third-order valence-corrected chi connectivity index (χ3v) is 5.78. The molecule has 1 unspecified atom stereocenters. The van der Waals surface area contributed by atoms with E-state index in [2.05, 4.69) is 22.0 Å². The number of carbonyl (C=O) groups is 1. The lowest BCUT2D eigenvalue weighted by Gasteiger charge is -2.39. The number of carbonyl (C=O) groups excluding carboxylic acids is 1. The molecule has 2 aliphatic rings. The third-order valence-electron chi connectivity index (χ3n) is 4.74. The van der Waals surface area contributed by atoms with Crippen molar-refractivity contribution in [1.29, 1.82) is 0 Å². The predicted octanol–water partition coefficient (Wildman–Crippen LogP) is 1.30. The number of likely N-dealkylation sites (tertiary alicyclic amines) is 1. The summed E-state index contributed by atoms with van der Waals surface area (Å²) in [4.78, 5) is 16.8. The SMILES string of the molecule is CCCc1nnc(N2CCC3(CCCN(CCO)C3=O)C2)s1. The molecule has 0 aromatic carbocycles. The average molecular weight is 324 g/mol. The Labute approximate surface area is 135 Å². The number of rotatable bonds is 5. The molecular formula is C15H24N4O2S. The summed E-state index contributed by atoms with van der Waals surface area (Å²) in [6.45, 7) is 5.04. The summed E-state index contributed by atoms with van der Waals surface area (Å²) >= 11 is 1.65. The van der Waals surface area contributed by atoms with Gasteiger partial charge in [0, 0.05) is 32.6 Å². The van der Waals surface area contributed by atoms with Crippen LogP contribution in [0.3, 0.4) is 0 Å². The van der Waals surface area contributed by atoms with Crippen molar-refractivity contribution in [1.82, 2.24) is 15.1 Å². The zero-order valence-corrected chi connectivity index (χ0v) is 13.9. The lowest BCUT2D eigenvalue weighted by Crippen LogP contribution is -2.50. The second kappa shape index (κ2) is 6.50. The van der Waals surface area contributed by atoms with E-state index >= 15 is 0 Å². The van der Waals surface area contributed by atoms with Crippen LogP contribution in [0.25, 0.3) is 0 Å². The van der Waals surface area contributed by atoms with Crippen LogP contribution in [0.1, 0.15) is 37.6 Å². The molecule has 1 aromatic rings. The standard InChI is InChI=1S/C15H24N4O2S/c1-2-4-12-16-17-14(22-12)19-8-6-15(11-19)5-3-7-18(9-10-20)13(15)21/h20H,2-11H2,1H3. The maximum absolute atomic E-state index is 12.8. The Kier molecular flexibility index (Phi) is 4.63. The summed E-state index contributed by atoms with van der Waals surface area (Å²) in [6.07, 6.45) is 4.91. The summed E-state index contributed by atoms with van der Waals surface area (Å²) in [6, 6.07) is 0. The Hall–Kier alpha value is -1.21. The van der Waals surface area contributed by atoms with Crippen molar-refractivity contribution < 1.29 is 9.90 Å². The zero-order valence-electron chi connectivity index (χ0n) is 13.1. The monoisotopic (exact) mass is 324 g/mol. The predicted molar refractivity (Wildman–Crippen MR) is 86.1 cm³/mol. The van der Waals surface area contributed by atoms with Crippen LogP contribution in [0, 0.1) is 5.41 Å². The minimum Gasteiger partial charge on any atom is -0.395 e. The van der Waals surface area contributed by atoms with Gasteiger partial charge in [0.2, 0.25) is 11.0 Å². The fourth-order valence-corrected chi connectivity index (χ4v) is 4.55. The molecule has 7 heteroatoms. The van der Waals surface area contributed by atoms with Crippen LogP contribution in [0.15, 0.2) is 0 Å². The molecule has 122 valence electrons. The van der Waals surface area contributed by atoms with Crippen molar-refractivity contribution in [2.75, 3.05) is 37.7 Å². The van der Waals surface area contributed by atoms with Gasteiger partial charge in [0.1, 0.15) is 5.01 Å². The number of aromatic nitrogens is 2. The van der Waals surface area contributed by atoms with Crippen molar-refractivity contribution >= 4 is 22.4 Å². The molecule has 1 amide bonds. The summed E-state index contributed by atoms with van der Waals surface area (Å²) in [5, 5.41) is 19.7. The maximum atomic E-state index is 12.8. The number of hydrogen-bond donors (Lipinski definition) is 1. The first-order valence-electron chi connectivity index (χ1n) is 8.16. The highest BCUT2D eigenvalue weighted by Crippen LogP contribution is 2.42. The first-order valence-corrected chi connectivity index (χ1v) is 8.98. The molecule has 1 N–H and O–H groups in total. The van der Waals surface area contributed by atoms with Gasteiger partial charge in [-0.15, -0.1) is 10.2 Å². The first kappa shape index (κ1) is 15.7. The molecular weight excluding hydrogens is 300 g/mol. The van der Waals surface area contributed by atoms with Crippen LogP contribution in [-0.4, -0.2) is 58.9 Å². The molecule has 2 saturated heterocycles. The van der Waals surface area contributed by atoms with Crippen LogP contribution in [0.4, 0.5) is 5.13 Å². The number of amides is 1. The maximum Gasteiger partial charge on any atom is 0.230 e. The molecule has 0 radical (unpaired) electrons. The van der Waals surface area contributed by atoms with Crippen molar-refractivity contribution in [3.63, 3.8) is 0 Å². The highest BCUT2D eigenvalue weighted by molar-refractivity contribution is 7.15. The van der Waals surface area contributed by atoms with Crippen molar-refractivity contribution in [3.05, 3.63) is 5.01 Å². The van der Waals surface area contributed by atoms with Crippen LogP contribution >= 0.6 is 11.3 Å². The lowest BCUT2D eigenvalue weighted by atomic mass is 9.78. The minimum atomic E-state index is -0.274. The highest BCUT2D eigenvalue weighted by Gasteiger charge is 2.48. The van der Waals surface area contributed by atoms with E-state index in [0.717, 1.165) is 61.9 Å². The van der Waals surface area contributed by atoms with E-state index in [0.29, 0.717) is 6.54 Å². The van der Waals surface area contributed by atoms with Crippen LogP contribution in [0.2, 0.25) is 0 Å². The molecule has 1 aromatic heterocycles. The molecule has 0 aliphatic carbocycles. The van der Waals surface area contributed by atoms with E-state index in [1.165, 1.54) is 0 Å². The summed E-state index contributed by atoms with van der Waals surface area (Å²) in [7, 11) is 0. The molecule has 2 fully saturated rings. The molecule has 22 heavy (non-hydrogen) atoms. The van der Waals surface area contributed by atoms with E-state index in [4.69, 9.17) is 5.11 Å². The highest BCUT2D eigenvalue weighted by atomic mass is 32.1. The topological polar surface area (TPSA) is 69.6 Å². The van der Waals surface area contributed by atoms with Gasteiger partial charge in [0.15, 0.2) is 0 Å². The number of anilines is 1. The lowest BCUT2D eigenvalue weighted by molar-refractivity contribution is -0.145. The molecule has 2 aliphatic heterocycles. The molecule has 1 spiro atoms. The number of piperidine rings is 1. The Morgan fingerprint density at radius 2 is 2.18 bits per heavy atom. The van der Waals surface area contributed by atoms with E-state index in [1.54, 1.807) is 11.3 Å². The largest absolute Gasteiger partial charge is 0.395 e. The number of aliphatic hydroxyl groups excluding tert-OH is 1. The van der Waals surface area contributed by atoms with Gasteiger partial charge in [0.05, 0.1) is 12.0 Å². The minimum absolute atomic E-state index is 0.0440. The van der Waals surface area contributed by atoms with Crippen LogP contribution < -0.4 is 4.90 Å². The Bertz CT molecular complexity index is 533. The fourth-order valence-electron chi connectivity index (χ4n) is 3.59. The number of β-amino-alcohol motifs (C(OH)–C–C–N with tert-alkyl or cyclic N) is 1. The van der Waals surface area contributed by atoms with Gasteiger partial charge < -0.3 is 14.9 Å². The third kappa shape index (κ3) is 2.84. The van der Waals surface area contributed by atoms with Gasteiger partial charge in [-0.2, -0.15) is 0 Å². The number of aliphatic hydroxyl groups is 1. The molecule has 0 bridgehead atoms. The first-order chi connectivity index (χ1) is 10.7. The summed E-state index contributed by atoms with van der Waals surface area (Å²) < 4.78 is 0. The Balaban J connectivity index is 1.71. The second-order valence-corrected chi connectivity index (χ2v) is 7.34. The van der Waals surface area contributed by atoms with Gasteiger partial charge >= 0.3 is 0 Å². The molecule has 6 nitrogen and oxygen atoms in total. The quantitative estimate of drug-likeness (QED) is 0.884. The molecule has 3 rings (SSSR count). The average Bonchev–Trinajstić information content (AvgIpc) is 3.13. The van der Waals surface area contributed by atoms with E-state index < -0.39 is 0 Å². The van der Waals surface area contributed by atoms with Gasteiger partial charge in [-0.25, -0.2) is 0 Å². The van der Waals surface area contributed by atoms with Crippen molar-refractivity contribution in [2.45, 2.75) is 39.0 Å². The van der Waals surface area contributed by atoms with Gasteiger partial charge in [0.25, 0.3) is 0 Å². The normalized spacial score (nSPS) is 25.5. The number of hydrogen-bond acceptors (Lipinski definition) is 6. The van der Waals surface area contributed by atoms with Crippen molar-refractivity contribution in [2.24, 2.45) is 5.41 Å². The summed E-state index contributed by atoms with van der Waals surface area (Å²) in [5.74, 6) is 0.216. The molecule has 1 atom stereocenters. The zero-order chi connectivity index (χ0) is 15.6. The van der Waals surface area contributed by atoms with Gasteiger partial charge in [-0.1, -0.05) is 18.3 Å². The van der Waals surface area contributed by atoms with E-state index in [9.17, 15) is 4.79 Å². The van der Waals surface area contributed by atoms with Gasteiger partial charge in [-0.05, 0) is 25.7 Å². The second-order valence-electron chi connectivity index (χ2n) is 6.30.